The predicted molar refractivity (Wildman–Crippen MR) is 95.0 cm³/mol. The van der Waals surface area contributed by atoms with E-state index >= 15 is 0 Å². The van der Waals surface area contributed by atoms with E-state index in [1.54, 1.807) is 0 Å². The topological polar surface area (TPSA) is 38.7 Å². The Hall–Kier alpha value is 0.530. The summed E-state index contributed by atoms with van der Waals surface area (Å²) in [7, 11) is 0. The minimum Gasteiger partial charge on any atom is -0.324 e. The van der Waals surface area contributed by atoms with E-state index < -0.39 is 6.72 Å². The molecule has 0 rings (SSSR count). The maximum atomic E-state index is 10.1. The van der Waals surface area contributed by atoms with Crippen LogP contribution < -0.4 is 0 Å². The summed E-state index contributed by atoms with van der Waals surface area (Å²) < 4.78 is 11.1. The van der Waals surface area contributed by atoms with Crippen LogP contribution in [0, 0.1) is 11.8 Å². The van der Waals surface area contributed by atoms with Crippen molar-refractivity contribution < 1.29 is 13.9 Å². The summed E-state index contributed by atoms with van der Waals surface area (Å²) in [4.78, 5) is 10.1. The highest BCUT2D eigenvalue weighted by Gasteiger charge is 2.19. The van der Waals surface area contributed by atoms with E-state index in [4.69, 9.17) is 20.9 Å². The van der Waals surface area contributed by atoms with Crippen molar-refractivity contribution in [2.45, 2.75) is 79.1 Å². The van der Waals surface area contributed by atoms with Crippen LogP contribution in [-0.4, -0.2) is 18.1 Å². The zero-order valence-electron chi connectivity index (χ0n) is 14.3. The lowest BCUT2D eigenvalue weighted by Crippen LogP contribution is -2.11. The first-order valence-electron chi connectivity index (χ1n) is 8.60. The number of rotatable bonds is 14. The SMILES string of the molecule is CCCCC(CC)COP(O)(=S)OCC(CC)CCCC. The molecule has 0 aliphatic heterocycles. The fourth-order valence-electron chi connectivity index (χ4n) is 2.23. The standard InChI is InChI=1S/C16H35O3PS/c1-5-9-11-15(7-3)13-18-20(17,21)19-14-16(8-4)12-10-6-2/h15-16H,5-14H2,1-4H3,(H,17,21). The van der Waals surface area contributed by atoms with Gasteiger partial charge in [0.25, 0.3) is 0 Å². The van der Waals surface area contributed by atoms with Crippen molar-refractivity contribution in [3.05, 3.63) is 0 Å². The van der Waals surface area contributed by atoms with Gasteiger partial charge in [0.05, 0.1) is 13.2 Å². The van der Waals surface area contributed by atoms with Crippen LogP contribution in [0.2, 0.25) is 0 Å². The van der Waals surface area contributed by atoms with Crippen LogP contribution in [0.1, 0.15) is 79.1 Å². The molecule has 2 atom stereocenters. The van der Waals surface area contributed by atoms with Crippen LogP contribution in [-0.2, 0) is 20.9 Å². The molecule has 3 nitrogen and oxygen atoms in total. The Morgan fingerprint density at radius 1 is 0.857 bits per heavy atom. The van der Waals surface area contributed by atoms with E-state index in [1.165, 1.54) is 25.7 Å². The Bertz CT molecular complexity index is 263. The van der Waals surface area contributed by atoms with Gasteiger partial charge in [-0.2, -0.15) is 0 Å². The molecule has 0 bridgehead atoms. The molecule has 21 heavy (non-hydrogen) atoms. The summed E-state index contributed by atoms with van der Waals surface area (Å²) >= 11 is 5.12. The molecule has 0 fully saturated rings. The average Bonchev–Trinajstić information content (AvgIpc) is 2.47. The van der Waals surface area contributed by atoms with Gasteiger partial charge in [0.2, 0.25) is 0 Å². The second-order valence-electron chi connectivity index (χ2n) is 5.89. The molecule has 0 spiro atoms. The van der Waals surface area contributed by atoms with Crippen LogP contribution >= 0.6 is 6.72 Å². The van der Waals surface area contributed by atoms with Gasteiger partial charge in [-0.15, -0.1) is 0 Å². The van der Waals surface area contributed by atoms with Gasteiger partial charge in [0, 0.05) is 0 Å². The maximum Gasteiger partial charge on any atom is 0.324 e. The highest BCUT2D eigenvalue weighted by atomic mass is 32.5. The minimum absolute atomic E-state index is 0.477. The van der Waals surface area contributed by atoms with E-state index in [1.807, 2.05) is 0 Å². The first-order chi connectivity index (χ1) is 9.99. The van der Waals surface area contributed by atoms with Crippen LogP contribution in [0.25, 0.3) is 0 Å². The molecular formula is C16H35O3PS. The first-order valence-corrected chi connectivity index (χ1v) is 11.2. The molecule has 1 N–H and O–H groups in total. The van der Waals surface area contributed by atoms with Gasteiger partial charge >= 0.3 is 6.72 Å². The fourth-order valence-corrected chi connectivity index (χ4v) is 3.47. The summed E-state index contributed by atoms with van der Waals surface area (Å²) in [6, 6.07) is 0. The van der Waals surface area contributed by atoms with Crippen molar-refractivity contribution in [1.82, 2.24) is 0 Å². The molecule has 0 radical (unpaired) electrons. The van der Waals surface area contributed by atoms with E-state index in [9.17, 15) is 4.89 Å². The number of hydrogen-bond donors (Lipinski definition) is 1. The predicted octanol–water partition coefficient (Wildman–Crippen LogP) is 5.67. The molecule has 0 aromatic heterocycles. The second kappa shape index (κ2) is 13.0. The molecular weight excluding hydrogens is 303 g/mol. The number of hydrogen-bond acceptors (Lipinski definition) is 3. The normalized spacial score (nSPS) is 17.4. The largest absolute Gasteiger partial charge is 0.324 e. The first kappa shape index (κ1) is 21.5. The van der Waals surface area contributed by atoms with Crippen LogP contribution in [0.4, 0.5) is 0 Å². The van der Waals surface area contributed by atoms with Crippen molar-refractivity contribution in [3.63, 3.8) is 0 Å². The molecule has 0 saturated carbocycles. The van der Waals surface area contributed by atoms with Crippen molar-refractivity contribution in [1.29, 1.82) is 0 Å². The third kappa shape index (κ3) is 11.7. The molecule has 5 heteroatoms. The van der Waals surface area contributed by atoms with Gasteiger partial charge in [-0.05, 0) is 36.5 Å². The van der Waals surface area contributed by atoms with Crippen molar-refractivity contribution >= 4 is 18.5 Å². The minimum atomic E-state index is -3.06. The average molecular weight is 338 g/mol. The lowest BCUT2D eigenvalue weighted by atomic mass is 10.0. The smallest absolute Gasteiger partial charge is 0.324 e. The second-order valence-corrected chi connectivity index (χ2v) is 8.73. The molecule has 0 aliphatic carbocycles. The molecule has 0 aromatic rings. The Balaban J connectivity index is 4.08. The Morgan fingerprint density at radius 2 is 1.24 bits per heavy atom. The highest BCUT2D eigenvalue weighted by Crippen LogP contribution is 2.45. The van der Waals surface area contributed by atoms with Crippen LogP contribution in [0.15, 0.2) is 0 Å². The van der Waals surface area contributed by atoms with Gasteiger partial charge in [-0.1, -0.05) is 66.2 Å². The monoisotopic (exact) mass is 338 g/mol. The van der Waals surface area contributed by atoms with Crippen LogP contribution in [0.3, 0.4) is 0 Å². The molecule has 128 valence electrons. The Morgan fingerprint density at radius 3 is 1.52 bits per heavy atom. The summed E-state index contributed by atoms with van der Waals surface area (Å²) in [6.45, 7) is 6.68. The van der Waals surface area contributed by atoms with Crippen LogP contribution in [0.5, 0.6) is 0 Å². The van der Waals surface area contributed by atoms with E-state index in [0.29, 0.717) is 25.0 Å². The zero-order valence-corrected chi connectivity index (χ0v) is 16.1. The van der Waals surface area contributed by atoms with E-state index in [2.05, 4.69) is 27.7 Å². The van der Waals surface area contributed by atoms with Crippen molar-refractivity contribution in [3.8, 4) is 0 Å². The van der Waals surface area contributed by atoms with Crippen molar-refractivity contribution in [2.24, 2.45) is 11.8 Å². The van der Waals surface area contributed by atoms with Gasteiger partial charge in [0.15, 0.2) is 0 Å². The lowest BCUT2D eigenvalue weighted by Gasteiger charge is -2.22. The Kier molecular flexibility index (Phi) is 13.3. The van der Waals surface area contributed by atoms with E-state index in [-0.39, 0.29) is 0 Å². The number of unbranched alkanes of at least 4 members (excludes halogenated alkanes) is 2. The summed E-state index contributed by atoms with van der Waals surface area (Å²) in [5.41, 5.74) is 0. The molecule has 0 heterocycles. The molecule has 2 unspecified atom stereocenters. The molecule has 0 aromatic carbocycles. The Labute approximate surface area is 137 Å². The summed E-state index contributed by atoms with van der Waals surface area (Å²) in [5, 5.41) is 0. The lowest BCUT2D eigenvalue weighted by molar-refractivity contribution is 0.145. The van der Waals surface area contributed by atoms with Gasteiger partial charge in [-0.3, -0.25) is 0 Å². The fraction of sp³-hybridized carbons (Fsp3) is 1.00. The maximum absolute atomic E-state index is 10.1. The molecule has 0 amide bonds. The third-order valence-corrected chi connectivity index (χ3v) is 5.62. The van der Waals surface area contributed by atoms with Gasteiger partial charge in [0.1, 0.15) is 0 Å². The van der Waals surface area contributed by atoms with Gasteiger partial charge < -0.3 is 13.9 Å². The summed E-state index contributed by atoms with van der Waals surface area (Å²) in [6.07, 6.45) is 9.17. The highest BCUT2D eigenvalue weighted by molar-refractivity contribution is 8.07. The van der Waals surface area contributed by atoms with E-state index in [0.717, 1.165) is 25.7 Å². The van der Waals surface area contributed by atoms with Gasteiger partial charge in [-0.25, -0.2) is 0 Å². The quantitative estimate of drug-likeness (QED) is 0.414. The molecule has 0 saturated heterocycles. The molecule has 0 aliphatic rings. The summed E-state index contributed by atoms with van der Waals surface area (Å²) in [5.74, 6) is 0.954. The van der Waals surface area contributed by atoms with Crippen molar-refractivity contribution in [2.75, 3.05) is 13.2 Å². The zero-order chi connectivity index (χ0) is 16.1. The third-order valence-electron chi connectivity index (χ3n) is 4.03.